The van der Waals surface area contributed by atoms with Crippen LogP contribution in [-0.4, -0.2) is 28.2 Å². The molecule has 0 bridgehead atoms. The Morgan fingerprint density at radius 1 is 0.946 bits per heavy atom. The summed E-state index contributed by atoms with van der Waals surface area (Å²) in [5.41, 5.74) is 4.39. The molecule has 2 aliphatic heterocycles. The van der Waals surface area contributed by atoms with Gasteiger partial charge in [-0.2, -0.15) is 0 Å². The lowest BCUT2D eigenvalue weighted by atomic mass is 9.72. The van der Waals surface area contributed by atoms with Crippen LogP contribution in [0.3, 0.4) is 0 Å². The largest absolute Gasteiger partial charge is 0.497 e. The summed E-state index contributed by atoms with van der Waals surface area (Å²) in [6, 6.07) is 22.8. The normalized spacial score (nSPS) is 14.6. The monoisotopic (exact) mass is 552 g/mol. The predicted octanol–water partition coefficient (Wildman–Crippen LogP) is 7.29. The molecule has 0 aromatic heterocycles. The van der Waals surface area contributed by atoms with Crippen molar-refractivity contribution in [2.24, 2.45) is 5.41 Å². The third-order valence-electron chi connectivity index (χ3n) is 7.13. The quantitative estimate of drug-likeness (QED) is 0.219. The fourth-order valence-corrected chi connectivity index (χ4v) is 5.97. The number of para-hydroxylation sites is 2. The van der Waals surface area contributed by atoms with Crippen LogP contribution in [-0.2, 0) is 6.42 Å². The number of ether oxygens (including phenoxy) is 1. The predicted molar refractivity (Wildman–Crippen MR) is 148 cm³/mol. The summed E-state index contributed by atoms with van der Waals surface area (Å²) in [4.78, 5) is 33.2. The number of benzene rings is 3. The number of carbonyl (C=O) groups is 2. The third-order valence-corrected chi connectivity index (χ3v) is 7.80. The molecule has 184 valence electrons. The van der Waals surface area contributed by atoms with Gasteiger partial charge in [0.2, 0.25) is 0 Å². The Morgan fingerprint density at radius 2 is 1.65 bits per heavy atom. The number of methoxy groups -OCH3 is 1. The highest BCUT2D eigenvalue weighted by Crippen LogP contribution is 2.46. The molecule has 0 unspecified atom stereocenters. The van der Waals surface area contributed by atoms with E-state index >= 15 is 0 Å². The Balaban J connectivity index is 1.78. The van der Waals surface area contributed by atoms with Crippen molar-refractivity contribution in [3.63, 3.8) is 0 Å². The highest BCUT2D eigenvalue weighted by molar-refractivity contribution is 9.10. The van der Waals surface area contributed by atoms with E-state index in [0.29, 0.717) is 46.7 Å². The molecule has 37 heavy (non-hydrogen) atoms. The number of carbonyl (C=O) groups excluding carboxylic acids is 2. The molecule has 5 nitrogen and oxygen atoms in total. The third kappa shape index (κ3) is 3.78. The minimum atomic E-state index is -0.257. The summed E-state index contributed by atoms with van der Waals surface area (Å²) in [7, 11) is 1.59. The maximum atomic E-state index is 14.3. The van der Waals surface area contributed by atoms with Crippen LogP contribution in [0.1, 0.15) is 52.2 Å². The Morgan fingerprint density at radius 3 is 2.38 bits per heavy atom. The fourth-order valence-electron chi connectivity index (χ4n) is 5.50. The number of ketones is 2. The molecule has 0 atom stereocenters. The van der Waals surface area contributed by atoms with Gasteiger partial charge in [-0.25, -0.2) is 4.98 Å². The topological polar surface area (TPSA) is 61.2 Å². The summed E-state index contributed by atoms with van der Waals surface area (Å²) >= 11 is 3.72. The van der Waals surface area contributed by atoms with E-state index in [1.54, 1.807) is 31.4 Å². The van der Waals surface area contributed by atoms with E-state index in [1.807, 2.05) is 48.5 Å². The van der Waals surface area contributed by atoms with Gasteiger partial charge < -0.3 is 4.74 Å². The molecule has 0 amide bonds. The minimum absolute atomic E-state index is 0.0175. The molecule has 3 aromatic carbocycles. The van der Waals surface area contributed by atoms with Crippen LogP contribution >= 0.6 is 15.9 Å². The first-order valence-electron chi connectivity index (χ1n) is 12.2. The Kier molecular flexibility index (Phi) is 5.53. The van der Waals surface area contributed by atoms with Crippen LogP contribution in [0, 0.1) is 5.41 Å². The number of hydrogen-bond donors (Lipinski definition) is 0. The summed E-state index contributed by atoms with van der Waals surface area (Å²) in [5.74, 6) is 1.14. The minimum Gasteiger partial charge on any atom is -0.497 e. The number of hydrogen-bond acceptors (Lipinski definition) is 4. The number of rotatable bonds is 4. The summed E-state index contributed by atoms with van der Waals surface area (Å²) < 4.78 is 8.26. The van der Waals surface area contributed by atoms with E-state index < -0.39 is 0 Å². The van der Waals surface area contributed by atoms with Gasteiger partial charge in [0.25, 0.3) is 0 Å². The first-order valence-corrected chi connectivity index (χ1v) is 13.0. The maximum Gasteiger partial charge on any atom is 0.194 e. The zero-order valence-corrected chi connectivity index (χ0v) is 22.4. The molecule has 0 saturated heterocycles. The average molecular weight is 553 g/mol. The summed E-state index contributed by atoms with van der Waals surface area (Å²) in [5, 5.41) is 0.857. The molecule has 0 radical (unpaired) electrons. The van der Waals surface area contributed by atoms with Crippen LogP contribution in [0.4, 0.5) is 0 Å². The van der Waals surface area contributed by atoms with E-state index in [2.05, 4.69) is 34.3 Å². The molecule has 3 aliphatic rings. The van der Waals surface area contributed by atoms with Crippen LogP contribution in [0.15, 0.2) is 77.3 Å². The number of nitrogens with zero attached hydrogens (tertiary/aromatic N) is 2. The van der Waals surface area contributed by atoms with Gasteiger partial charge in [-0.3, -0.25) is 14.2 Å². The maximum absolute atomic E-state index is 14.3. The molecular formula is C31H25BrN2O3. The Bertz CT molecular complexity index is 1680. The van der Waals surface area contributed by atoms with E-state index in [1.165, 1.54) is 0 Å². The second kappa shape index (κ2) is 8.67. The van der Waals surface area contributed by atoms with Gasteiger partial charge in [0, 0.05) is 44.2 Å². The van der Waals surface area contributed by atoms with Crippen LogP contribution in [0.5, 0.6) is 5.75 Å². The first-order chi connectivity index (χ1) is 17.8. The number of aromatic nitrogens is 2. The lowest BCUT2D eigenvalue weighted by Crippen LogP contribution is -2.33. The highest BCUT2D eigenvalue weighted by atomic mass is 79.9. The molecule has 2 heterocycles. The Hall–Kier alpha value is -3.77. The second-order valence-corrected chi connectivity index (χ2v) is 11.2. The molecule has 3 aromatic rings. The van der Waals surface area contributed by atoms with E-state index in [4.69, 9.17) is 9.72 Å². The molecule has 6 rings (SSSR count). The van der Waals surface area contributed by atoms with Gasteiger partial charge in [-0.15, -0.1) is 0 Å². The zero-order chi connectivity index (χ0) is 25.9. The molecule has 0 N–H and O–H groups in total. The summed E-state index contributed by atoms with van der Waals surface area (Å²) in [6.45, 7) is 4.20. The van der Waals surface area contributed by atoms with Crippen molar-refractivity contribution >= 4 is 38.4 Å². The van der Waals surface area contributed by atoms with Crippen molar-refractivity contribution in [3.05, 3.63) is 99.7 Å². The Labute approximate surface area is 223 Å². The van der Waals surface area contributed by atoms with E-state index in [0.717, 1.165) is 26.8 Å². The van der Waals surface area contributed by atoms with Crippen molar-refractivity contribution < 1.29 is 14.3 Å². The highest BCUT2D eigenvalue weighted by Gasteiger charge is 2.40. The van der Waals surface area contributed by atoms with Crippen LogP contribution in [0.25, 0.3) is 28.0 Å². The van der Waals surface area contributed by atoms with Gasteiger partial charge >= 0.3 is 0 Å². The van der Waals surface area contributed by atoms with Gasteiger partial charge in [-0.05, 0) is 70.2 Å². The SMILES string of the molecule is COc1ccc(C(=O)c2c3c(n(-c4ccccc4Br)c4nc5ccccc5c2-4)CC(C)(C)CC3=O)cc1. The fraction of sp³-hybridized carbons (Fsp3) is 0.194. The lowest BCUT2D eigenvalue weighted by Gasteiger charge is -2.35. The molecular weight excluding hydrogens is 528 g/mol. The van der Waals surface area contributed by atoms with Crippen LogP contribution in [0.2, 0.25) is 0 Å². The molecule has 0 spiro atoms. The molecule has 6 heteroatoms. The van der Waals surface area contributed by atoms with Crippen molar-refractivity contribution in [2.45, 2.75) is 26.7 Å². The van der Waals surface area contributed by atoms with Crippen molar-refractivity contribution in [1.29, 1.82) is 0 Å². The molecule has 0 saturated carbocycles. The van der Waals surface area contributed by atoms with E-state index in [9.17, 15) is 9.59 Å². The number of fused-ring (bicyclic) bond motifs is 4. The zero-order valence-electron chi connectivity index (χ0n) is 20.8. The molecule has 1 aliphatic carbocycles. The second-order valence-electron chi connectivity index (χ2n) is 10.3. The average Bonchev–Trinajstić information content (AvgIpc) is 3.26. The van der Waals surface area contributed by atoms with Gasteiger partial charge in [0.05, 0.1) is 18.3 Å². The smallest absolute Gasteiger partial charge is 0.194 e. The van der Waals surface area contributed by atoms with Crippen molar-refractivity contribution in [1.82, 2.24) is 9.55 Å². The van der Waals surface area contributed by atoms with Gasteiger partial charge in [0.15, 0.2) is 11.6 Å². The van der Waals surface area contributed by atoms with Crippen molar-refractivity contribution in [2.75, 3.05) is 7.11 Å². The van der Waals surface area contributed by atoms with Gasteiger partial charge in [0.1, 0.15) is 11.6 Å². The lowest BCUT2D eigenvalue weighted by molar-refractivity contribution is 0.0899. The standard InChI is InChI=1S/C31H25BrN2O3/c1-31(2)16-24-27(25(35)17-31)28(29(36)18-12-14-19(37-3)15-13-18)26-20-8-4-6-10-22(20)33-30(26)34(24)23-11-7-5-9-21(23)32/h4-15H,16-17H2,1-3H3. The van der Waals surface area contributed by atoms with Gasteiger partial charge in [-0.1, -0.05) is 44.2 Å². The number of halogens is 1. The van der Waals surface area contributed by atoms with Crippen LogP contribution < -0.4 is 4.74 Å². The van der Waals surface area contributed by atoms with E-state index in [-0.39, 0.29) is 17.0 Å². The van der Waals surface area contributed by atoms with Crippen molar-refractivity contribution in [3.8, 4) is 22.8 Å². The first kappa shape index (κ1) is 23.6. The number of pyridine rings is 1. The number of Topliss-reactive ketones (excluding diaryl/α,β-unsaturated/α-hetero) is 1. The molecule has 0 fully saturated rings. The summed E-state index contributed by atoms with van der Waals surface area (Å²) in [6.07, 6.45) is 1.01.